The third kappa shape index (κ3) is 4.33. The number of hydrogen-bond acceptors (Lipinski definition) is 4. The predicted octanol–water partition coefficient (Wildman–Crippen LogP) is 3.26. The third-order valence-corrected chi connectivity index (χ3v) is 3.95. The Labute approximate surface area is 146 Å². The van der Waals surface area contributed by atoms with Crippen LogP contribution in [0.15, 0.2) is 71.3 Å². The van der Waals surface area contributed by atoms with Gasteiger partial charge in [-0.3, -0.25) is 4.79 Å². The van der Waals surface area contributed by atoms with Crippen molar-refractivity contribution in [3.8, 4) is 11.3 Å². The van der Waals surface area contributed by atoms with E-state index < -0.39 is 5.60 Å². The van der Waals surface area contributed by atoms with Gasteiger partial charge in [-0.15, -0.1) is 0 Å². The first kappa shape index (κ1) is 16.9. The summed E-state index contributed by atoms with van der Waals surface area (Å²) in [6.45, 7) is 1.80. The summed E-state index contributed by atoms with van der Waals surface area (Å²) in [5.41, 5.74) is 0.407. The molecule has 0 aliphatic heterocycles. The van der Waals surface area contributed by atoms with E-state index in [2.05, 4.69) is 10.3 Å². The third-order valence-electron chi connectivity index (χ3n) is 3.95. The lowest BCUT2D eigenvalue weighted by Crippen LogP contribution is -2.32. The van der Waals surface area contributed by atoms with Gasteiger partial charge in [0, 0.05) is 5.56 Å². The number of amides is 1. The van der Waals surface area contributed by atoms with E-state index in [0.717, 1.165) is 5.56 Å². The van der Waals surface area contributed by atoms with Crippen LogP contribution in [-0.4, -0.2) is 16.0 Å². The van der Waals surface area contributed by atoms with Crippen LogP contribution in [0.3, 0.4) is 0 Å². The Morgan fingerprint density at radius 3 is 2.44 bits per heavy atom. The van der Waals surface area contributed by atoms with Crippen LogP contribution in [-0.2, 0) is 16.9 Å². The largest absolute Gasteiger partial charge is 0.439 e. The molecule has 0 aliphatic carbocycles. The number of hydrogen-bond donors (Lipinski definition) is 2. The number of nitrogens with one attached hydrogen (secondary N) is 1. The summed E-state index contributed by atoms with van der Waals surface area (Å²) in [7, 11) is 0. The number of aliphatic hydroxyl groups is 1. The second kappa shape index (κ2) is 7.32. The zero-order chi connectivity index (χ0) is 17.7. The smallest absolute Gasteiger partial charge is 0.223 e. The highest BCUT2D eigenvalue weighted by Gasteiger charge is 2.26. The van der Waals surface area contributed by atoms with Crippen molar-refractivity contribution in [3.63, 3.8) is 0 Å². The first-order valence-corrected chi connectivity index (χ1v) is 8.09. The van der Waals surface area contributed by atoms with Crippen LogP contribution in [0.2, 0.25) is 0 Å². The minimum Gasteiger partial charge on any atom is -0.439 e. The number of oxazole rings is 1. The molecule has 0 fully saturated rings. The topological polar surface area (TPSA) is 75.4 Å². The van der Waals surface area contributed by atoms with Crippen molar-refractivity contribution in [1.29, 1.82) is 0 Å². The summed E-state index contributed by atoms with van der Waals surface area (Å²) in [6.07, 6.45) is 1.60. The van der Waals surface area contributed by atoms with Gasteiger partial charge in [-0.1, -0.05) is 60.7 Å². The Balaban J connectivity index is 1.57. The van der Waals surface area contributed by atoms with Gasteiger partial charge in [-0.25, -0.2) is 4.98 Å². The molecule has 25 heavy (non-hydrogen) atoms. The molecular formula is C20H20N2O3. The van der Waals surface area contributed by atoms with E-state index in [-0.39, 0.29) is 18.9 Å². The summed E-state index contributed by atoms with van der Waals surface area (Å²) in [6, 6.07) is 18.8. The van der Waals surface area contributed by atoms with Crippen LogP contribution in [0.1, 0.15) is 24.8 Å². The summed E-state index contributed by atoms with van der Waals surface area (Å²) >= 11 is 0. The van der Waals surface area contributed by atoms with E-state index in [1.807, 2.05) is 48.5 Å². The fraction of sp³-hybridized carbons (Fsp3) is 0.200. The van der Waals surface area contributed by atoms with Gasteiger partial charge in [-0.05, 0) is 12.5 Å². The molecule has 1 unspecified atom stereocenters. The molecule has 0 saturated carbocycles. The lowest BCUT2D eigenvalue weighted by molar-refractivity contribution is -0.126. The molecule has 0 aliphatic rings. The zero-order valence-corrected chi connectivity index (χ0v) is 14.0. The van der Waals surface area contributed by atoms with Crippen molar-refractivity contribution in [2.24, 2.45) is 0 Å². The van der Waals surface area contributed by atoms with Crippen LogP contribution in [0.4, 0.5) is 0 Å². The number of carbonyl (C=O) groups is 1. The Bertz CT molecular complexity index is 826. The second-order valence-electron chi connectivity index (χ2n) is 6.08. The molecule has 1 aromatic heterocycles. The fourth-order valence-electron chi connectivity index (χ4n) is 2.58. The zero-order valence-electron chi connectivity index (χ0n) is 14.0. The molecule has 0 saturated heterocycles. The van der Waals surface area contributed by atoms with Crippen molar-refractivity contribution < 1.29 is 14.3 Å². The van der Waals surface area contributed by atoms with Crippen molar-refractivity contribution in [2.45, 2.75) is 25.5 Å². The highest BCUT2D eigenvalue weighted by Crippen LogP contribution is 2.24. The minimum atomic E-state index is -1.23. The van der Waals surface area contributed by atoms with Crippen molar-refractivity contribution in [2.75, 3.05) is 0 Å². The molecule has 1 atom stereocenters. The van der Waals surface area contributed by atoms with Crippen LogP contribution in [0.5, 0.6) is 0 Å². The van der Waals surface area contributed by atoms with Gasteiger partial charge in [0.25, 0.3) is 0 Å². The van der Waals surface area contributed by atoms with Crippen molar-refractivity contribution in [1.82, 2.24) is 10.3 Å². The lowest BCUT2D eigenvalue weighted by atomic mass is 9.92. The van der Waals surface area contributed by atoms with Gasteiger partial charge in [0.15, 0.2) is 5.76 Å². The van der Waals surface area contributed by atoms with Gasteiger partial charge in [0.2, 0.25) is 11.8 Å². The Kier molecular flexibility index (Phi) is 4.95. The number of aromatic nitrogens is 1. The highest BCUT2D eigenvalue weighted by atomic mass is 16.4. The molecule has 5 heteroatoms. The van der Waals surface area contributed by atoms with Gasteiger partial charge in [0.1, 0.15) is 0 Å². The molecule has 2 N–H and O–H groups in total. The van der Waals surface area contributed by atoms with Crippen LogP contribution in [0.25, 0.3) is 11.3 Å². The van der Waals surface area contributed by atoms with E-state index in [0.29, 0.717) is 17.2 Å². The van der Waals surface area contributed by atoms with E-state index in [9.17, 15) is 9.90 Å². The normalized spacial score (nSPS) is 13.2. The van der Waals surface area contributed by atoms with E-state index in [1.165, 1.54) is 0 Å². The van der Waals surface area contributed by atoms with Crippen LogP contribution < -0.4 is 5.32 Å². The Morgan fingerprint density at radius 2 is 1.76 bits per heavy atom. The summed E-state index contributed by atoms with van der Waals surface area (Å²) < 4.78 is 5.65. The highest BCUT2D eigenvalue weighted by molar-refractivity contribution is 5.77. The second-order valence-corrected chi connectivity index (χ2v) is 6.08. The molecule has 0 radical (unpaired) electrons. The quantitative estimate of drug-likeness (QED) is 0.724. The monoisotopic (exact) mass is 336 g/mol. The van der Waals surface area contributed by atoms with Gasteiger partial charge in [0.05, 0.1) is 24.8 Å². The number of nitrogens with zero attached hydrogens (tertiary/aromatic N) is 1. The average Bonchev–Trinajstić information content (AvgIpc) is 3.10. The molecule has 0 bridgehead atoms. The summed E-state index contributed by atoms with van der Waals surface area (Å²) in [5.74, 6) is 0.806. The maximum atomic E-state index is 12.1. The van der Waals surface area contributed by atoms with Crippen molar-refractivity contribution in [3.05, 3.63) is 78.3 Å². The van der Waals surface area contributed by atoms with Crippen LogP contribution >= 0.6 is 0 Å². The molecule has 128 valence electrons. The summed E-state index contributed by atoms with van der Waals surface area (Å²) in [4.78, 5) is 16.3. The molecule has 3 rings (SSSR count). The predicted molar refractivity (Wildman–Crippen MR) is 94.4 cm³/mol. The van der Waals surface area contributed by atoms with E-state index in [4.69, 9.17) is 4.42 Å². The minimum absolute atomic E-state index is 0.0384. The maximum absolute atomic E-state index is 12.1. The van der Waals surface area contributed by atoms with Gasteiger partial charge < -0.3 is 14.8 Å². The van der Waals surface area contributed by atoms with Crippen LogP contribution in [0, 0.1) is 0 Å². The van der Waals surface area contributed by atoms with Gasteiger partial charge >= 0.3 is 0 Å². The molecule has 1 heterocycles. The van der Waals surface area contributed by atoms with E-state index in [1.54, 1.807) is 25.3 Å². The first-order chi connectivity index (χ1) is 12.0. The molecule has 1 amide bonds. The summed E-state index contributed by atoms with van der Waals surface area (Å²) in [5, 5.41) is 13.2. The number of carbonyl (C=O) groups excluding carboxylic acids is 1. The van der Waals surface area contributed by atoms with Crippen molar-refractivity contribution >= 4 is 5.91 Å². The number of rotatable bonds is 6. The molecule has 5 nitrogen and oxygen atoms in total. The van der Waals surface area contributed by atoms with Gasteiger partial charge in [-0.2, -0.15) is 0 Å². The Morgan fingerprint density at radius 1 is 1.12 bits per heavy atom. The first-order valence-electron chi connectivity index (χ1n) is 8.09. The Hall–Kier alpha value is -2.92. The molecule has 0 spiro atoms. The lowest BCUT2D eigenvalue weighted by Gasteiger charge is -2.23. The van der Waals surface area contributed by atoms with E-state index >= 15 is 0 Å². The molecular weight excluding hydrogens is 316 g/mol. The number of benzene rings is 2. The molecule has 3 aromatic rings. The average molecular weight is 336 g/mol. The maximum Gasteiger partial charge on any atom is 0.223 e. The SMILES string of the molecule is CC(O)(CC(=O)NCc1ncc(-c2ccccc2)o1)c1ccccc1. The standard InChI is InChI=1S/C20H20N2O3/c1-20(24,16-10-6-3-7-11-16)12-18(23)21-14-19-22-13-17(25-19)15-8-4-2-5-9-15/h2-11,13,24H,12,14H2,1H3,(H,21,23). The molecule has 2 aromatic carbocycles. The fourth-order valence-corrected chi connectivity index (χ4v) is 2.58.